The molecule has 0 spiro atoms. The Kier molecular flexibility index (Phi) is 3.39. The second kappa shape index (κ2) is 4.26. The van der Waals surface area contributed by atoms with Crippen molar-refractivity contribution in [2.75, 3.05) is 12.0 Å². The smallest absolute Gasteiger partial charge is 0.148 e. The Balaban J connectivity index is 3.03. The highest BCUT2D eigenvalue weighted by Gasteiger charge is 2.25. The molecule has 0 bridgehead atoms. The van der Waals surface area contributed by atoms with E-state index >= 15 is 0 Å². The van der Waals surface area contributed by atoms with Crippen LogP contribution in [-0.4, -0.2) is 20.4 Å². The van der Waals surface area contributed by atoms with Crippen molar-refractivity contribution in [3.8, 4) is 6.07 Å². The Morgan fingerprint density at radius 1 is 1.25 bits per heavy atom. The lowest BCUT2D eigenvalue weighted by Gasteiger charge is -2.24. The summed E-state index contributed by atoms with van der Waals surface area (Å²) < 4.78 is 22.6. The lowest BCUT2D eigenvalue weighted by Crippen LogP contribution is -2.27. The first kappa shape index (κ1) is 12.7. The van der Waals surface area contributed by atoms with Gasteiger partial charge in [-0.15, -0.1) is 0 Å². The molecule has 0 aliphatic heterocycles. The molecule has 3 nitrogen and oxygen atoms in total. The lowest BCUT2D eigenvalue weighted by molar-refractivity contribution is 0.552. The Hall–Kier alpha value is -1.34. The van der Waals surface area contributed by atoms with Gasteiger partial charge in [0, 0.05) is 11.7 Å². The van der Waals surface area contributed by atoms with E-state index in [-0.39, 0.29) is 5.75 Å². The van der Waals surface area contributed by atoms with Crippen LogP contribution in [0.15, 0.2) is 24.3 Å². The standard InChI is InChI=1S/C12H15NO2S/c1-12(2,9-16(3,14)15)11-6-4-10(8-13)5-7-11/h4-7H,9H2,1-3H3. The molecule has 1 rings (SSSR count). The van der Waals surface area contributed by atoms with Gasteiger partial charge in [-0.3, -0.25) is 0 Å². The summed E-state index contributed by atoms with van der Waals surface area (Å²) in [6.07, 6.45) is 1.23. The van der Waals surface area contributed by atoms with E-state index in [1.165, 1.54) is 6.26 Å². The molecule has 0 fully saturated rings. The topological polar surface area (TPSA) is 57.9 Å². The zero-order chi connectivity index (χ0) is 12.4. The third-order valence-corrected chi connectivity index (χ3v) is 3.66. The first-order valence-corrected chi connectivity index (χ1v) is 6.99. The van der Waals surface area contributed by atoms with Crippen molar-refractivity contribution in [3.63, 3.8) is 0 Å². The molecule has 0 heterocycles. The molecule has 1 aromatic rings. The maximum atomic E-state index is 11.3. The van der Waals surface area contributed by atoms with Gasteiger partial charge in [-0.2, -0.15) is 5.26 Å². The fourth-order valence-corrected chi connectivity index (χ4v) is 3.21. The summed E-state index contributed by atoms with van der Waals surface area (Å²) >= 11 is 0. The van der Waals surface area contributed by atoms with E-state index < -0.39 is 15.3 Å². The predicted molar refractivity (Wildman–Crippen MR) is 63.9 cm³/mol. The molecule has 0 radical (unpaired) electrons. The van der Waals surface area contributed by atoms with Gasteiger partial charge in [0.15, 0.2) is 0 Å². The highest BCUT2D eigenvalue weighted by Crippen LogP contribution is 2.24. The monoisotopic (exact) mass is 237 g/mol. The number of hydrogen-bond acceptors (Lipinski definition) is 3. The molecule has 86 valence electrons. The Labute approximate surface area is 96.6 Å². The average molecular weight is 237 g/mol. The van der Waals surface area contributed by atoms with E-state index in [0.717, 1.165) is 5.56 Å². The fourth-order valence-electron chi connectivity index (χ4n) is 1.73. The van der Waals surface area contributed by atoms with Crippen molar-refractivity contribution in [2.24, 2.45) is 0 Å². The van der Waals surface area contributed by atoms with E-state index in [0.29, 0.717) is 5.56 Å². The van der Waals surface area contributed by atoms with Crippen molar-refractivity contribution in [1.82, 2.24) is 0 Å². The van der Waals surface area contributed by atoms with Gasteiger partial charge in [-0.1, -0.05) is 26.0 Å². The second-order valence-corrected chi connectivity index (χ2v) is 6.78. The largest absolute Gasteiger partial charge is 0.229 e. The molecule has 0 aliphatic carbocycles. The molecule has 16 heavy (non-hydrogen) atoms. The molecule has 0 amide bonds. The van der Waals surface area contributed by atoms with Crippen molar-refractivity contribution in [3.05, 3.63) is 35.4 Å². The zero-order valence-electron chi connectivity index (χ0n) is 9.69. The van der Waals surface area contributed by atoms with Crippen LogP contribution in [0.5, 0.6) is 0 Å². The number of sulfone groups is 1. The molecule has 0 unspecified atom stereocenters. The molecule has 0 aromatic heterocycles. The molecular weight excluding hydrogens is 222 g/mol. The molecule has 1 aromatic carbocycles. The lowest BCUT2D eigenvalue weighted by atomic mass is 9.86. The third kappa shape index (κ3) is 3.35. The van der Waals surface area contributed by atoms with Gasteiger partial charge in [-0.25, -0.2) is 8.42 Å². The molecule has 0 saturated heterocycles. The minimum absolute atomic E-state index is 0.103. The maximum absolute atomic E-state index is 11.3. The number of nitriles is 1. The first-order chi connectivity index (χ1) is 7.24. The summed E-state index contributed by atoms with van der Waals surface area (Å²) in [5, 5.41) is 8.67. The van der Waals surface area contributed by atoms with E-state index in [1.54, 1.807) is 12.1 Å². The van der Waals surface area contributed by atoms with Crippen LogP contribution in [0.25, 0.3) is 0 Å². The van der Waals surface area contributed by atoms with Crippen molar-refractivity contribution in [1.29, 1.82) is 5.26 Å². The first-order valence-electron chi connectivity index (χ1n) is 4.93. The zero-order valence-corrected chi connectivity index (χ0v) is 10.5. The minimum Gasteiger partial charge on any atom is -0.229 e. The summed E-state index contributed by atoms with van der Waals surface area (Å²) in [5.41, 5.74) is 1.08. The molecule has 0 saturated carbocycles. The van der Waals surface area contributed by atoms with Crippen LogP contribution in [0.3, 0.4) is 0 Å². The minimum atomic E-state index is -3.01. The van der Waals surface area contributed by atoms with Crippen LogP contribution in [-0.2, 0) is 15.3 Å². The van der Waals surface area contributed by atoms with E-state index in [1.807, 2.05) is 32.0 Å². The van der Waals surface area contributed by atoms with Gasteiger partial charge in [0.1, 0.15) is 9.84 Å². The predicted octanol–water partition coefficient (Wildman–Crippen LogP) is 1.88. The molecule has 0 N–H and O–H groups in total. The van der Waals surface area contributed by atoms with Gasteiger partial charge >= 0.3 is 0 Å². The molecule has 0 atom stereocenters. The Morgan fingerprint density at radius 3 is 2.12 bits per heavy atom. The average Bonchev–Trinajstić information content (AvgIpc) is 2.14. The van der Waals surface area contributed by atoms with E-state index in [9.17, 15) is 8.42 Å². The molecule has 0 aliphatic rings. The fraction of sp³-hybridized carbons (Fsp3) is 0.417. The third-order valence-electron chi connectivity index (χ3n) is 2.42. The summed E-state index contributed by atoms with van der Waals surface area (Å²) in [4.78, 5) is 0. The van der Waals surface area contributed by atoms with Gasteiger partial charge in [0.2, 0.25) is 0 Å². The summed E-state index contributed by atoms with van der Waals surface area (Å²) in [6, 6.07) is 9.07. The van der Waals surface area contributed by atoms with Crippen LogP contribution >= 0.6 is 0 Å². The van der Waals surface area contributed by atoms with Crippen molar-refractivity contribution < 1.29 is 8.42 Å². The van der Waals surface area contributed by atoms with E-state index in [4.69, 9.17) is 5.26 Å². The van der Waals surface area contributed by atoms with Crippen LogP contribution in [0.1, 0.15) is 25.0 Å². The highest BCUT2D eigenvalue weighted by molar-refractivity contribution is 7.90. The summed E-state index contributed by atoms with van der Waals surface area (Å²) in [7, 11) is -3.01. The SMILES string of the molecule is CC(C)(CS(C)(=O)=O)c1ccc(C#N)cc1. The number of rotatable bonds is 3. The van der Waals surface area contributed by atoms with Gasteiger partial charge in [-0.05, 0) is 17.7 Å². The number of nitrogens with zero attached hydrogens (tertiary/aromatic N) is 1. The summed E-state index contributed by atoms with van der Waals surface area (Å²) in [5.74, 6) is 0.103. The number of hydrogen-bond donors (Lipinski definition) is 0. The second-order valence-electron chi connectivity index (χ2n) is 4.64. The van der Waals surface area contributed by atoms with E-state index in [2.05, 4.69) is 0 Å². The van der Waals surface area contributed by atoms with Crippen LogP contribution in [0.2, 0.25) is 0 Å². The van der Waals surface area contributed by atoms with Gasteiger partial charge in [0.25, 0.3) is 0 Å². The molecular formula is C12H15NO2S. The number of benzene rings is 1. The van der Waals surface area contributed by atoms with Crippen LogP contribution in [0, 0.1) is 11.3 Å². The maximum Gasteiger partial charge on any atom is 0.148 e. The van der Waals surface area contributed by atoms with Crippen LogP contribution < -0.4 is 0 Å². The van der Waals surface area contributed by atoms with Crippen molar-refractivity contribution in [2.45, 2.75) is 19.3 Å². The quantitative estimate of drug-likeness (QED) is 0.806. The molecule has 4 heteroatoms. The Morgan fingerprint density at radius 2 is 1.75 bits per heavy atom. The van der Waals surface area contributed by atoms with Crippen molar-refractivity contribution >= 4 is 9.84 Å². The van der Waals surface area contributed by atoms with Crippen LogP contribution in [0.4, 0.5) is 0 Å². The highest BCUT2D eigenvalue weighted by atomic mass is 32.2. The summed E-state index contributed by atoms with van der Waals surface area (Å²) in [6.45, 7) is 3.77. The normalized spacial score (nSPS) is 12.1. The van der Waals surface area contributed by atoms with Gasteiger partial charge in [0.05, 0.1) is 17.4 Å². The Bertz CT molecular complexity index is 507. The van der Waals surface area contributed by atoms with Gasteiger partial charge < -0.3 is 0 Å².